The maximum atomic E-state index is 9.60. The highest BCUT2D eigenvalue weighted by Crippen LogP contribution is 2.28. The maximum absolute atomic E-state index is 9.60. The Morgan fingerprint density at radius 1 is 1.05 bits per heavy atom. The standard InChI is InChI=1S/C17H21NO2/c1-11(2)14-6-5-12(3)16(9-14)20-17-10-15(13(4)19)7-8-18-17/h5-11,13,19H,1-4H3. The van der Waals surface area contributed by atoms with Gasteiger partial charge >= 0.3 is 0 Å². The van der Waals surface area contributed by atoms with Gasteiger partial charge in [0.25, 0.3) is 0 Å². The number of hydrogen-bond acceptors (Lipinski definition) is 3. The van der Waals surface area contributed by atoms with E-state index in [2.05, 4.69) is 37.0 Å². The zero-order chi connectivity index (χ0) is 14.7. The van der Waals surface area contributed by atoms with E-state index in [1.165, 1.54) is 5.56 Å². The molecule has 1 N–H and O–H groups in total. The average Bonchev–Trinajstić information content (AvgIpc) is 2.41. The van der Waals surface area contributed by atoms with Crippen molar-refractivity contribution in [2.45, 2.75) is 39.7 Å². The number of aryl methyl sites for hydroxylation is 1. The van der Waals surface area contributed by atoms with Crippen molar-refractivity contribution in [2.75, 3.05) is 0 Å². The summed E-state index contributed by atoms with van der Waals surface area (Å²) in [4.78, 5) is 4.20. The van der Waals surface area contributed by atoms with Crippen molar-refractivity contribution in [3.05, 3.63) is 53.2 Å². The van der Waals surface area contributed by atoms with Crippen LogP contribution in [0.4, 0.5) is 0 Å². The molecule has 2 aromatic rings. The minimum atomic E-state index is -0.525. The van der Waals surface area contributed by atoms with E-state index in [1.807, 2.05) is 6.92 Å². The van der Waals surface area contributed by atoms with Crippen molar-refractivity contribution < 1.29 is 9.84 Å². The van der Waals surface area contributed by atoms with Crippen LogP contribution in [0, 0.1) is 6.92 Å². The molecule has 0 radical (unpaired) electrons. The Hall–Kier alpha value is -1.87. The van der Waals surface area contributed by atoms with E-state index in [4.69, 9.17) is 4.74 Å². The zero-order valence-electron chi connectivity index (χ0n) is 12.4. The first kappa shape index (κ1) is 14.5. The molecular weight excluding hydrogens is 250 g/mol. The molecule has 0 amide bonds. The lowest BCUT2D eigenvalue weighted by molar-refractivity contribution is 0.198. The lowest BCUT2D eigenvalue weighted by Gasteiger charge is -2.13. The molecule has 2 rings (SSSR count). The smallest absolute Gasteiger partial charge is 0.219 e. The van der Waals surface area contributed by atoms with E-state index in [9.17, 15) is 5.11 Å². The summed E-state index contributed by atoms with van der Waals surface area (Å²) < 4.78 is 5.87. The molecule has 0 saturated carbocycles. The first-order valence-electron chi connectivity index (χ1n) is 6.90. The SMILES string of the molecule is Cc1ccc(C(C)C)cc1Oc1cc(C(C)O)ccn1. The molecule has 0 fully saturated rings. The van der Waals surface area contributed by atoms with Gasteiger partial charge in [0.15, 0.2) is 0 Å². The summed E-state index contributed by atoms with van der Waals surface area (Å²) in [6.45, 7) is 8.04. The maximum Gasteiger partial charge on any atom is 0.219 e. The summed E-state index contributed by atoms with van der Waals surface area (Å²) in [5.41, 5.74) is 3.10. The Bertz CT molecular complexity index is 591. The lowest BCUT2D eigenvalue weighted by Crippen LogP contribution is -1.96. The van der Waals surface area contributed by atoms with Gasteiger partial charge in [-0.05, 0) is 48.6 Å². The molecule has 3 heteroatoms. The van der Waals surface area contributed by atoms with E-state index in [0.717, 1.165) is 16.9 Å². The van der Waals surface area contributed by atoms with Crippen LogP contribution in [-0.4, -0.2) is 10.1 Å². The first-order valence-corrected chi connectivity index (χ1v) is 6.90. The fourth-order valence-corrected chi connectivity index (χ4v) is 1.94. The highest BCUT2D eigenvalue weighted by molar-refractivity contribution is 5.40. The number of benzene rings is 1. The van der Waals surface area contributed by atoms with Crippen molar-refractivity contribution in [1.82, 2.24) is 4.98 Å². The first-order chi connectivity index (χ1) is 9.47. The summed E-state index contributed by atoms with van der Waals surface area (Å²) in [6, 6.07) is 9.79. The highest BCUT2D eigenvalue weighted by Gasteiger charge is 2.08. The third-order valence-electron chi connectivity index (χ3n) is 3.33. The van der Waals surface area contributed by atoms with Crippen LogP contribution < -0.4 is 4.74 Å². The van der Waals surface area contributed by atoms with Crippen LogP contribution in [0.3, 0.4) is 0 Å². The van der Waals surface area contributed by atoms with E-state index in [0.29, 0.717) is 11.8 Å². The molecule has 20 heavy (non-hydrogen) atoms. The minimum Gasteiger partial charge on any atom is -0.439 e. The molecular formula is C17H21NO2. The molecule has 3 nitrogen and oxygen atoms in total. The summed E-state index contributed by atoms with van der Waals surface area (Å²) in [6.07, 6.45) is 1.13. The molecule has 0 aliphatic heterocycles. The molecule has 1 aromatic heterocycles. The van der Waals surface area contributed by atoms with Crippen molar-refractivity contribution in [3.63, 3.8) is 0 Å². The van der Waals surface area contributed by atoms with Crippen LogP contribution in [-0.2, 0) is 0 Å². The van der Waals surface area contributed by atoms with Gasteiger partial charge in [-0.3, -0.25) is 0 Å². The van der Waals surface area contributed by atoms with Gasteiger partial charge in [0.05, 0.1) is 6.10 Å². The summed E-state index contributed by atoms with van der Waals surface area (Å²) >= 11 is 0. The van der Waals surface area contributed by atoms with Crippen LogP contribution in [0.15, 0.2) is 36.5 Å². The average molecular weight is 271 g/mol. The summed E-state index contributed by atoms with van der Waals surface area (Å²) in [5, 5.41) is 9.60. The van der Waals surface area contributed by atoms with Gasteiger partial charge in [0.2, 0.25) is 5.88 Å². The minimum absolute atomic E-state index is 0.453. The van der Waals surface area contributed by atoms with Gasteiger partial charge in [0, 0.05) is 12.3 Å². The van der Waals surface area contributed by atoms with Gasteiger partial charge in [0.1, 0.15) is 5.75 Å². The number of nitrogens with zero attached hydrogens (tertiary/aromatic N) is 1. The van der Waals surface area contributed by atoms with E-state index in [1.54, 1.807) is 25.3 Å². The van der Waals surface area contributed by atoms with E-state index >= 15 is 0 Å². The van der Waals surface area contributed by atoms with Crippen LogP contribution in [0.1, 0.15) is 49.5 Å². The van der Waals surface area contributed by atoms with Crippen molar-refractivity contribution in [3.8, 4) is 11.6 Å². The van der Waals surface area contributed by atoms with Gasteiger partial charge in [-0.2, -0.15) is 0 Å². The highest BCUT2D eigenvalue weighted by atomic mass is 16.5. The van der Waals surface area contributed by atoms with E-state index in [-0.39, 0.29) is 0 Å². The molecule has 0 saturated heterocycles. The molecule has 0 bridgehead atoms. The fourth-order valence-electron chi connectivity index (χ4n) is 1.94. The second kappa shape index (κ2) is 6.06. The number of pyridine rings is 1. The van der Waals surface area contributed by atoms with E-state index < -0.39 is 6.10 Å². The Labute approximate surface area is 120 Å². The number of hydrogen-bond donors (Lipinski definition) is 1. The predicted molar refractivity (Wildman–Crippen MR) is 80.2 cm³/mol. The van der Waals surface area contributed by atoms with Crippen LogP contribution in [0.5, 0.6) is 11.6 Å². The molecule has 1 unspecified atom stereocenters. The second-order valence-electron chi connectivity index (χ2n) is 5.39. The number of ether oxygens (including phenoxy) is 1. The third kappa shape index (κ3) is 3.36. The summed E-state index contributed by atoms with van der Waals surface area (Å²) in [5.74, 6) is 1.77. The zero-order valence-corrected chi connectivity index (χ0v) is 12.4. The molecule has 1 heterocycles. The number of aromatic nitrogens is 1. The van der Waals surface area contributed by atoms with Crippen LogP contribution in [0.25, 0.3) is 0 Å². The topological polar surface area (TPSA) is 42.4 Å². The van der Waals surface area contributed by atoms with Crippen LogP contribution in [0.2, 0.25) is 0 Å². The third-order valence-corrected chi connectivity index (χ3v) is 3.33. The Kier molecular flexibility index (Phi) is 4.40. The molecule has 1 atom stereocenters. The normalized spacial score (nSPS) is 12.5. The molecule has 1 aromatic carbocycles. The van der Waals surface area contributed by atoms with Crippen molar-refractivity contribution >= 4 is 0 Å². The molecule has 106 valence electrons. The van der Waals surface area contributed by atoms with Gasteiger partial charge < -0.3 is 9.84 Å². The molecule has 0 aliphatic rings. The predicted octanol–water partition coefficient (Wildman–Crippen LogP) is 4.36. The lowest BCUT2D eigenvalue weighted by atomic mass is 10.0. The Morgan fingerprint density at radius 3 is 2.45 bits per heavy atom. The monoisotopic (exact) mass is 271 g/mol. The number of rotatable bonds is 4. The summed E-state index contributed by atoms with van der Waals surface area (Å²) in [7, 11) is 0. The van der Waals surface area contributed by atoms with Crippen molar-refractivity contribution in [1.29, 1.82) is 0 Å². The molecule has 0 aliphatic carbocycles. The number of aliphatic hydroxyl groups is 1. The largest absolute Gasteiger partial charge is 0.439 e. The Balaban J connectivity index is 2.29. The van der Waals surface area contributed by atoms with Gasteiger partial charge in [-0.15, -0.1) is 0 Å². The fraction of sp³-hybridized carbons (Fsp3) is 0.353. The number of aliphatic hydroxyl groups excluding tert-OH is 1. The van der Waals surface area contributed by atoms with Gasteiger partial charge in [-0.1, -0.05) is 26.0 Å². The van der Waals surface area contributed by atoms with Crippen LogP contribution >= 0.6 is 0 Å². The second-order valence-corrected chi connectivity index (χ2v) is 5.39. The quantitative estimate of drug-likeness (QED) is 0.898. The Morgan fingerprint density at radius 2 is 1.80 bits per heavy atom. The van der Waals surface area contributed by atoms with Crippen molar-refractivity contribution in [2.24, 2.45) is 0 Å². The molecule has 0 spiro atoms. The van der Waals surface area contributed by atoms with Gasteiger partial charge in [-0.25, -0.2) is 4.98 Å².